The number of aryl methyl sites for hydroxylation is 1. The third-order valence-electron chi connectivity index (χ3n) is 4.20. The van der Waals surface area contributed by atoms with E-state index in [-0.39, 0.29) is 17.5 Å². The number of hydrogen-bond donors (Lipinski definition) is 2. The van der Waals surface area contributed by atoms with Gasteiger partial charge in [-0.1, -0.05) is 18.2 Å². The van der Waals surface area contributed by atoms with Crippen LogP contribution in [0.4, 0.5) is 5.95 Å². The first-order chi connectivity index (χ1) is 13.9. The van der Waals surface area contributed by atoms with Crippen LogP contribution in [0.2, 0.25) is 0 Å². The lowest BCUT2D eigenvalue weighted by Gasteiger charge is -2.07. The molecule has 3 N–H and O–H groups in total. The van der Waals surface area contributed by atoms with Crippen LogP contribution < -0.4 is 10.5 Å². The van der Waals surface area contributed by atoms with Gasteiger partial charge in [-0.3, -0.25) is 0 Å². The first kappa shape index (κ1) is 19.9. The molecule has 0 fully saturated rings. The minimum atomic E-state index is -1.04. The van der Waals surface area contributed by atoms with Crippen molar-refractivity contribution in [2.24, 2.45) is 15.7 Å². The molecule has 8 nitrogen and oxygen atoms in total. The Morgan fingerprint density at radius 3 is 2.59 bits per heavy atom. The SMILES string of the molecule is CCOc1ccc2nc(N=C(N)N=C(C)c3ccccc3C(=O)O)nc(C)c2c1. The van der Waals surface area contributed by atoms with E-state index in [9.17, 15) is 9.90 Å². The van der Waals surface area contributed by atoms with Gasteiger partial charge in [0, 0.05) is 16.7 Å². The summed E-state index contributed by atoms with van der Waals surface area (Å²) in [7, 11) is 0. The molecule has 0 radical (unpaired) electrons. The van der Waals surface area contributed by atoms with Gasteiger partial charge < -0.3 is 15.6 Å². The van der Waals surface area contributed by atoms with E-state index < -0.39 is 5.97 Å². The summed E-state index contributed by atoms with van der Waals surface area (Å²) >= 11 is 0. The van der Waals surface area contributed by atoms with Gasteiger partial charge in [0.2, 0.25) is 5.96 Å². The van der Waals surface area contributed by atoms with Crippen molar-refractivity contribution >= 4 is 34.5 Å². The number of carboxylic acid groups (broad SMARTS) is 1. The van der Waals surface area contributed by atoms with Crippen LogP contribution in [0.1, 0.15) is 35.5 Å². The summed E-state index contributed by atoms with van der Waals surface area (Å²) in [4.78, 5) is 28.6. The fraction of sp³-hybridized carbons (Fsp3) is 0.190. The highest BCUT2D eigenvalue weighted by atomic mass is 16.5. The van der Waals surface area contributed by atoms with Crippen LogP contribution in [-0.2, 0) is 0 Å². The maximum atomic E-state index is 11.4. The van der Waals surface area contributed by atoms with E-state index in [2.05, 4.69) is 20.0 Å². The summed E-state index contributed by atoms with van der Waals surface area (Å²) in [6, 6.07) is 12.1. The maximum Gasteiger partial charge on any atom is 0.336 e. The average molecular weight is 391 g/mol. The topological polar surface area (TPSA) is 123 Å². The fourth-order valence-electron chi connectivity index (χ4n) is 2.90. The number of guanidine groups is 1. The monoisotopic (exact) mass is 391 g/mol. The quantitative estimate of drug-likeness (QED) is 0.507. The number of carboxylic acids is 1. The summed E-state index contributed by atoms with van der Waals surface area (Å²) in [6.45, 7) is 6.02. The summed E-state index contributed by atoms with van der Waals surface area (Å²) in [6.07, 6.45) is 0. The molecule has 148 valence electrons. The number of carbonyl (C=O) groups is 1. The minimum Gasteiger partial charge on any atom is -0.494 e. The molecular formula is C21H21N5O3. The molecule has 0 amide bonds. The molecule has 0 unspecified atom stereocenters. The van der Waals surface area contributed by atoms with E-state index in [0.717, 1.165) is 16.8 Å². The van der Waals surface area contributed by atoms with E-state index in [1.807, 2.05) is 32.0 Å². The van der Waals surface area contributed by atoms with E-state index in [0.29, 0.717) is 23.4 Å². The highest BCUT2D eigenvalue weighted by Crippen LogP contribution is 2.23. The standard InChI is InChI=1S/C21H21N5O3/c1-4-29-14-9-10-18-17(11-14)13(3)24-21(25-18)26-20(22)23-12(2)15-7-5-6-8-16(15)19(27)28/h5-11H,4H2,1-3H3,(H,27,28)(H2,22,24,25,26). The van der Waals surface area contributed by atoms with Crippen LogP contribution in [0, 0.1) is 6.92 Å². The first-order valence-electron chi connectivity index (χ1n) is 9.02. The van der Waals surface area contributed by atoms with Crippen LogP contribution in [0.5, 0.6) is 5.75 Å². The molecule has 0 aliphatic rings. The molecule has 8 heteroatoms. The van der Waals surface area contributed by atoms with Gasteiger partial charge in [-0.2, -0.15) is 4.99 Å². The summed E-state index contributed by atoms with van der Waals surface area (Å²) in [5, 5.41) is 10.2. The molecule has 0 aliphatic heterocycles. The summed E-state index contributed by atoms with van der Waals surface area (Å²) in [5.41, 5.74) is 8.44. The largest absolute Gasteiger partial charge is 0.494 e. The zero-order valence-corrected chi connectivity index (χ0v) is 16.4. The number of nitrogens with two attached hydrogens (primary N) is 1. The zero-order valence-electron chi connectivity index (χ0n) is 16.4. The predicted octanol–water partition coefficient (Wildman–Crippen LogP) is 3.49. The van der Waals surface area contributed by atoms with Gasteiger partial charge in [-0.25, -0.2) is 19.8 Å². The second-order valence-corrected chi connectivity index (χ2v) is 6.24. The molecule has 0 spiro atoms. The normalized spacial score (nSPS) is 12.2. The van der Waals surface area contributed by atoms with Gasteiger partial charge in [-0.05, 0) is 45.0 Å². The van der Waals surface area contributed by atoms with Gasteiger partial charge >= 0.3 is 5.97 Å². The van der Waals surface area contributed by atoms with Gasteiger partial charge in [-0.15, -0.1) is 0 Å². The van der Waals surface area contributed by atoms with Gasteiger partial charge in [0.15, 0.2) is 0 Å². The zero-order chi connectivity index (χ0) is 21.0. The van der Waals surface area contributed by atoms with E-state index in [1.165, 1.54) is 6.07 Å². The van der Waals surface area contributed by atoms with Crippen molar-refractivity contribution in [1.82, 2.24) is 9.97 Å². The summed E-state index contributed by atoms with van der Waals surface area (Å²) in [5.74, 6) is -0.169. The molecular weight excluding hydrogens is 370 g/mol. The minimum absolute atomic E-state index is 0.0626. The Kier molecular flexibility index (Phi) is 5.82. The predicted molar refractivity (Wildman–Crippen MR) is 112 cm³/mol. The molecule has 3 rings (SSSR count). The van der Waals surface area contributed by atoms with Gasteiger partial charge in [0.1, 0.15) is 5.75 Å². The second kappa shape index (κ2) is 8.47. The number of nitrogens with zero attached hydrogens (tertiary/aromatic N) is 4. The number of hydrogen-bond acceptors (Lipinski definition) is 5. The van der Waals surface area contributed by atoms with Crippen LogP contribution in [0.3, 0.4) is 0 Å². The Morgan fingerprint density at radius 2 is 1.90 bits per heavy atom. The Balaban J connectivity index is 1.95. The van der Waals surface area contributed by atoms with Crippen molar-refractivity contribution in [2.75, 3.05) is 6.61 Å². The molecule has 2 aromatic carbocycles. The van der Waals surface area contributed by atoms with Crippen molar-refractivity contribution in [3.8, 4) is 5.75 Å². The molecule has 29 heavy (non-hydrogen) atoms. The highest BCUT2D eigenvalue weighted by Gasteiger charge is 2.12. The van der Waals surface area contributed by atoms with Crippen molar-refractivity contribution < 1.29 is 14.6 Å². The lowest BCUT2D eigenvalue weighted by molar-refractivity contribution is 0.0696. The Bertz CT molecular complexity index is 1140. The van der Waals surface area contributed by atoms with Gasteiger partial charge in [0.25, 0.3) is 5.95 Å². The lowest BCUT2D eigenvalue weighted by Crippen LogP contribution is -2.13. The Morgan fingerprint density at radius 1 is 1.17 bits per heavy atom. The van der Waals surface area contributed by atoms with E-state index in [4.69, 9.17) is 10.5 Å². The molecule has 0 saturated carbocycles. The first-order valence-corrected chi connectivity index (χ1v) is 9.02. The average Bonchev–Trinajstić information content (AvgIpc) is 2.68. The molecule has 0 saturated heterocycles. The Hall–Kier alpha value is -3.81. The van der Waals surface area contributed by atoms with Crippen LogP contribution in [0.25, 0.3) is 10.9 Å². The number of fused-ring (bicyclic) bond motifs is 1. The molecule has 0 aliphatic carbocycles. The lowest BCUT2D eigenvalue weighted by atomic mass is 10.0. The highest BCUT2D eigenvalue weighted by molar-refractivity contribution is 6.11. The van der Waals surface area contributed by atoms with Crippen molar-refractivity contribution in [3.63, 3.8) is 0 Å². The number of aliphatic imine (C=N–C) groups is 2. The number of aromatic carboxylic acids is 1. The van der Waals surface area contributed by atoms with Crippen LogP contribution in [0.15, 0.2) is 52.4 Å². The number of rotatable bonds is 5. The number of benzene rings is 2. The van der Waals surface area contributed by atoms with E-state index >= 15 is 0 Å². The number of aromatic nitrogens is 2. The Labute approximate surface area is 167 Å². The summed E-state index contributed by atoms with van der Waals surface area (Å²) < 4.78 is 5.51. The molecule has 1 heterocycles. The van der Waals surface area contributed by atoms with Gasteiger partial charge in [0.05, 0.1) is 23.4 Å². The van der Waals surface area contributed by atoms with Crippen molar-refractivity contribution in [1.29, 1.82) is 0 Å². The maximum absolute atomic E-state index is 11.4. The molecule has 1 aromatic heterocycles. The molecule has 3 aromatic rings. The van der Waals surface area contributed by atoms with Crippen LogP contribution >= 0.6 is 0 Å². The molecule has 0 atom stereocenters. The second-order valence-electron chi connectivity index (χ2n) is 6.24. The number of ether oxygens (including phenoxy) is 1. The molecule has 0 bridgehead atoms. The smallest absolute Gasteiger partial charge is 0.336 e. The third kappa shape index (κ3) is 4.55. The van der Waals surface area contributed by atoms with E-state index in [1.54, 1.807) is 25.1 Å². The van der Waals surface area contributed by atoms with Crippen molar-refractivity contribution in [2.45, 2.75) is 20.8 Å². The fourth-order valence-corrected chi connectivity index (χ4v) is 2.90. The van der Waals surface area contributed by atoms with Crippen LogP contribution in [-0.4, -0.2) is 39.3 Å². The van der Waals surface area contributed by atoms with Crippen molar-refractivity contribution in [3.05, 3.63) is 59.3 Å². The third-order valence-corrected chi connectivity index (χ3v) is 4.20.